The topological polar surface area (TPSA) is 37.8 Å². The van der Waals surface area contributed by atoms with E-state index in [2.05, 4.69) is 15.3 Å². The van der Waals surface area contributed by atoms with Gasteiger partial charge in [-0.1, -0.05) is 0 Å². The van der Waals surface area contributed by atoms with Crippen molar-refractivity contribution in [3.63, 3.8) is 0 Å². The molecule has 16 heavy (non-hydrogen) atoms. The van der Waals surface area contributed by atoms with E-state index >= 15 is 0 Å². The van der Waals surface area contributed by atoms with Gasteiger partial charge in [0.25, 0.3) is 0 Å². The number of aromatic nitrogens is 2. The van der Waals surface area contributed by atoms with Crippen LogP contribution in [-0.4, -0.2) is 23.1 Å². The highest BCUT2D eigenvalue weighted by Crippen LogP contribution is 2.35. The van der Waals surface area contributed by atoms with Crippen LogP contribution in [0.3, 0.4) is 0 Å². The smallest absolute Gasteiger partial charge is 0.317 e. The second kappa shape index (κ2) is 4.37. The maximum absolute atomic E-state index is 12.7. The molecule has 0 atom stereocenters. The van der Waals surface area contributed by atoms with Crippen molar-refractivity contribution in [2.45, 2.75) is 24.9 Å². The Bertz CT molecular complexity index is 359. The van der Waals surface area contributed by atoms with Gasteiger partial charge < -0.3 is 5.32 Å². The quantitative estimate of drug-likeness (QED) is 0.802. The molecule has 2 heterocycles. The van der Waals surface area contributed by atoms with Gasteiger partial charge in [-0.15, -0.1) is 0 Å². The number of nitrogens with one attached hydrogen (secondary N) is 1. The number of piperidine rings is 1. The molecule has 88 valence electrons. The molecule has 1 saturated heterocycles. The molecule has 0 unspecified atom stereocenters. The Morgan fingerprint density at radius 3 is 2.56 bits per heavy atom. The molecule has 0 radical (unpaired) electrons. The van der Waals surface area contributed by atoms with Gasteiger partial charge in [-0.2, -0.15) is 13.2 Å². The maximum Gasteiger partial charge on any atom is 0.419 e. The van der Waals surface area contributed by atoms with Gasteiger partial charge in [0.15, 0.2) is 0 Å². The van der Waals surface area contributed by atoms with Gasteiger partial charge in [-0.05, 0) is 25.9 Å². The summed E-state index contributed by atoms with van der Waals surface area (Å²) in [6.45, 7) is 1.48. The lowest BCUT2D eigenvalue weighted by Gasteiger charge is -2.24. The van der Waals surface area contributed by atoms with Crippen molar-refractivity contribution in [1.29, 1.82) is 0 Å². The van der Waals surface area contributed by atoms with Crippen LogP contribution >= 0.6 is 0 Å². The number of rotatable bonds is 1. The minimum absolute atomic E-state index is 0.110. The first-order valence-electron chi connectivity index (χ1n) is 5.17. The summed E-state index contributed by atoms with van der Waals surface area (Å²) in [5.74, 6) is -0.110. The molecule has 0 aromatic carbocycles. The molecule has 6 heteroatoms. The Morgan fingerprint density at radius 1 is 1.25 bits per heavy atom. The first-order valence-corrected chi connectivity index (χ1v) is 5.17. The van der Waals surface area contributed by atoms with Gasteiger partial charge in [-0.25, -0.2) is 9.97 Å². The van der Waals surface area contributed by atoms with Gasteiger partial charge in [0.1, 0.15) is 6.33 Å². The highest BCUT2D eigenvalue weighted by Gasteiger charge is 2.36. The fourth-order valence-corrected chi connectivity index (χ4v) is 1.98. The summed E-state index contributed by atoms with van der Waals surface area (Å²) in [5, 5.41) is 3.12. The molecule has 1 N–H and O–H groups in total. The summed E-state index contributed by atoms with van der Waals surface area (Å²) >= 11 is 0. The maximum atomic E-state index is 12.7. The SMILES string of the molecule is FC(F)(F)c1cncnc1C1CCNCC1. The number of alkyl halides is 3. The van der Waals surface area contributed by atoms with Crippen LogP contribution in [0.2, 0.25) is 0 Å². The van der Waals surface area contributed by atoms with Crippen LogP contribution in [0, 0.1) is 0 Å². The summed E-state index contributed by atoms with van der Waals surface area (Å²) in [7, 11) is 0. The summed E-state index contributed by atoms with van der Waals surface area (Å²) < 4.78 is 38.1. The van der Waals surface area contributed by atoms with E-state index < -0.39 is 11.7 Å². The van der Waals surface area contributed by atoms with Gasteiger partial charge in [-0.3, -0.25) is 0 Å². The molecule has 2 rings (SSSR count). The highest BCUT2D eigenvalue weighted by atomic mass is 19.4. The molecule has 1 fully saturated rings. The summed E-state index contributed by atoms with van der Waals surface area (Å²) in [6.07, 6.45) is -0.918. The van der Waals surface area contributed by atoms with E-state index in [4.69, 9.17) is 0 Å². The van der Waals surface area contributed by atoms with Gasteiger partial charge in [0, 0.05) is 12.1 Å². The zero-order valence-electron chi connectivity index (χ0n) is 8.59. The van der Waals surface area contributed by atoms with Crippen LogP contribution in [0.15, 0.2) is 12.5 Å². The van der Waals surface area contributed by atoms with Crippen molar-refractivity contribution in [2.75, 3.05) is 13.1 Å². The van der Waals surface area contributed by atoms with Crippen molar-refractivity contribution in [3.05, 3.63) is 23.8 Å². The van der Waals surface area contributed by atoms with Crippen LogP contribution in [0.25, 0.3) is 0 Å². The molecule has 0 spiro atoms. The summed E-state index contributed by atoms with van der Waals surface area (Å²) in [4.78, 5) is 7.27. The molecule has 1 aliphatic rings. The van der Waals surface area contributed by atoms with Crippen molar-refractivity contribution >= 4 is 0 Å². The third-order valence-corrected chi connectivity index (χ3v) is 2.77. The molecule has 0 aliphatic carbocycles. The average molecular weight is 231 g/mol. The minimum Gasteiger partial charge on any atom is -0.317 e. The lowest BCUT2D eigenvalue weighted by Crippen LogP contribution is -2.28. The third-order valence-electron chi connectivity index (χ3n) is 2.77. The predicted molar refractivity (Wildman–Crippen MR) is 51.9 cm³/mol. The van der Waals surface area contributed by atoms with Crippen LogP contribution in [0.5, 0.6) is 0 Å². The Hall–Kier alpha value is -1.17. The normalized spacial score (nSPS) is 18.7. The van der Waals surface area contributed by atoms with Crippen molar-refractivity contribution in [1.82, 2.24) is 15.3 Å². The van der Waals surface area contributed by atoms with Crippen molar-refractivity contribution in [3.8, 4) is 0 Å². The van der Waals surface area contributed by atoms with Crippen molar-refractivity contribution < 1.29 is 13.2 Å². The van der Waals surface area contributed by atoms with E-state index in [9.17, 15) is 13.2 Å². The highest BCUT2D eigenvalue weighted by molar-refractivity contribution is 5.23. The van der Waals surface area contributed by atoms with Gasteiger partial charge in [0.2, 0.25) is 0 Å². The Morgan fingerprint density at radius 2 is 1.94 bits per heavy atom. The molecular weight excluding hydrogens is 219 g/mol. The number of halogens is 3. The molecule has 0 saturated carbocycles. The van der Waals surface area contributed by atoms with Crippen LogP contribution in [0.1, 0.15) is 30.0 Å². The second-order valence-corrected chi connectivity index (χ2v) is 3.84. The van der Waals surface area contributed by atoms with Crippen LogP contribution in [-0.2, 0) is 6.18 Å². The average Bonchev–Trinajstić information content (AvgIpc) is 2.29. The van der Waals surface area contributed by atoms with E-state index in [-0.39, 0.29) is 11.6 Å². The molecule has 1 aromatic heterocycles. The predicted octanol–water partition coefficient (Wildman–Crippen LogP) is 1.96. The van der Waals surface area contributed by atoms with E-state index in [1.54, 1.807) is 0 Å². The third kappa shape index (κ3) is 2.32. The lowest BCUT2D eigenvalue weighted by atomic mass is 9.91. The van der Waals surface area contributed by atoms with E-state index in [1.807, 2.05) is 0 Å². The van der Waals surface area contributed by atoms with Crippen LogP contribution < -0.4 is 5.32 Å². The Kier molecular flexibility index (Phi) is 3.09. The molecule has 1 aromatic rings. The zero-order valence-corrected chi connectivity index (χ0v) is 8.59. The van der Waals surface area contributed by atoms with Crippen LogP contribution in [0.4, 0.5) is 13.2 Å². The lowest BCUT2D eigenvalue weighted by molar-refractivity contribution is -0.139. The molecule has 0 bridgehead atoms. The van der Waals surface area contributed by atoms with E-state index in [1.165, 1.54) is 6.33 Å². The van der Waals surface area contributed by atoms with Gasteiger partial charge in [0.05, 0.1) is 11.3 Å². The largest absolute Gasteiger partial charge is 0.419 e. The minimum atomic E-state index is -4.36. The van der Waals surface area contributed by atoms with Crippen molar-refractivity contribution in [2.24, 2.45) is 0 Å². The molecule has 1 aliphatic heterocycles. The number of hydrogen-bond acceptors (Lipinski definition) is 3. The standard InChI is InChI=1S/C10H12F3N3/c11-10(12,13)8-5-15-6-16-9(8)7-1-3-14-4-2-7/h5-7,14H,1-4H2. The zero-order chi connectivity index (χ0) is 11.6. The molecule has 0 amide bonds. The molecule has 3 nitrogen and oxygen atoms in total. The van der Waals surface area contributed by atoms with E-state index in [0.29, 0.717) is 12.8 Å². The first kappa shape index (κ1) is 11.3. The van der Waals surface area contributed by atoms with E-state index in [0.717, 1.165) is 19.3 Å². The fraction of sp³-hybridized carbons (Fsp3) is 0.600. The number of hydrogen-bond donors (Lipinski definition) is 1. The molecular formula is C10H12F3N3. The summed E-state index contributed by atoms with van der Waals surface area (Å²) in [6, 6.07) is 0. The first-order chi connectivity index (χ1) is 7.59. The summed E-state index contributed by atoms with van der Waals surface area (Å²) in [5.41, 5.74) is -0.550. The monoisotopic (exact) mass is 231 g/mol. The Balaban J connectivity index is 2.32. The number of nitrogens with zero attached hydrogens (tertiary/aromatic N) is 2. The van der Waals surface area contributed by atoms with Gasteiger partial charge >= 0.3 is 6.18 Å². The fourth-order valence-electron chi connectivity index (χ4n) is 1.98. The Labute approximate surface area is 91.1 Å². The second-order valence-electron chi connectivity index (χ2n) is 3.84.